The van der Waals surface area contributed by atoms with Gasteiger partial charge in [-0.15, -0.1) is 0 Å². The Morgan fingerprint density at radius 2 is 1.70 bits per heavy atom. The van der Waals surface area contributed by atoms with Gasteiger partial charge in [-0.05, 0) is 49.6 Å². The first-order valence-corrected chi connectivity index (χ1v) is 8.98. The number of rotatable bonds is 4. The summed E-state index contributed by atoms with van der Waals surface area (Å²) in [7, 11) is 0. The van der Waals surface area contributed by atoms with Crippen molar-refractivity contribution < 1.29 is 14.4 Å². The molecule has 1 fully saturated rings. The third-order valence-electron chi connectivity index (χ3n) is 4.68. The van der Waals surface area contributed by atoms with E-state index in [4.69, 9.17) is 0 Å². The van der Waals surface area contributed by atoms with Crippen molar-refractivity contribution in [2.75, 3.05) is 6.54 Å². The Hall–Kier alpha value is -3.15. The van der Waals surface area contributed by atoms with Crippen LogP contribution in [-0.4, -0.2) is 29.2 Å². The maximum Gasteiger partial charge on any atom is 0.269 e. The average Bonchev–Trinajstić information content (AvgIpc) is 3.04. The monoisotopic (exact) mass is 365 g/mol. The highest BCUT2D eigenvalue weighted by Crippen LogP contribution is 2.15. The second kappa shape index (κ2) is 8.03. The molecule has 2 aromatic rings. The van der Waals surface area contributed by atoms with Gasteiger partial charge >= 0.3 is 0 Å². The van der Waals surface area contributed by atoms with Gasteiger partial charge in [0, 0.05) is 30.6 Å². The number of aryl methyl sites for hydroxylation is 2. The van der Waals surface area contributed by atoms with Crippen LogP contribution in [0.15, 0.2) is 42.5 Å². The Labute approximate surface area is 158 Å². The quantitative estimate of drug-likeness (QED) is 0.817. The largest absolute Gasteiger partial charge is 0.338 e. The summed E-state index contributed by atoms with van der Waals surface area (Å²) in [5.74, 6) is -0.576. The zero-order chi connectivity index (χ0) is 19.4. The summed E-state index contributed by atoms with van der Waals surface area (Å²) in [4.78, 5) is 38.0. The fourth-order valence-electron chi connectivity index (χ4n) is 3.17. The molecule has 1 aliphatic heterocycles. The minimum Gasteiger partial charge on any atom is -0.338 e. The summed E-state index contributed by atoms with van der Waals surface area (Å²) in [5, 5.41) is 0. The molecule has 140 valence electrons. The van der Waals surface area contributed by atoms with E-state index in [2.05, 4.69) is 10.9 Å². The van der Waals surface area contributed by atoms with Crippen LogP contribution in [0.25, 0.3) is 0 Å². The number of hydrogen-bond donors (Lipinski definition) is 2. The number of hydrazine groups is 1. The van der Waals surface area contributed by atoms with Crippen molar-refractivity contribution in [2.45, 2.75) is 33.2 Å². The third kappa shape index (κ3) is 4.53. The van der Waals surface area contributed by atoms with Gasteiger partial charge in [0.2, 0.25) is 5.91 Å². The molecule has 0 radical (unpaired) electrons. The fourth-order valence-corrected chi connectivity index (χ4v) is 3.17. The molecule has 0 bridgehead atoms. The van der Waals surface area contributed by atoms with E-state index in [-0.39, 0.29) is 11.8 Å². The minimum atomic E-state index is -0.392. The van der Waals surface area contributed by atoms with Crippen LogP contribution < -0.4 is 10.9 Å². The Morgan fingerprint density at radius 1 is 1.00 bits per heavy atom. The molecule has 6 nitrogen and oxygen atoms in total. The molecule has 3 amide bonds. The summed E-state index contributed by atoms with van der Waals surface area (Å²) >= 11 is 0. The van der Waals surface area contributed by atoms with Gasteiger partial charge in [-0.25, -0.2) is 0 Å². The standard InChI is InChI=1S/C21H23N3O3/c1-14-5-10-18(15(2)12-14)21(27)23-22-20(26)17-8-6-16(7-9-17)13-24-11-3-4-19(24)25/h5-10,12H,3-4,11,13H2,1-2H3,(H,22,26)(H,23,27). The van der Waals surface area contributed by atoms with Gasteiger partial charge in [-0.3, -0.25) is 25.2 Å². The van der Waals surface area contributed by atoms with Gasteiger partial charge in [-0.2, -0.15) is 0 Å². The molecule has 3 rings (SSSR count). The van der Waals surface area contributed by atoms with Crippen LogP contribution in [0.5, 0.6) is 0 Å². The van der Waals surface area contributed by atoms with Crippen molar-refractivity contribution in [2.24, 2.45) is 0 Å². The number of nitrogens with one attached hydrogen (secondary N) is 2. The molecule has 0 aromatic heterocycles. The molecule has 27 heavy (non-hydrogen) atoms. The molecule has 2 aromatic carbocycles. The van der Waals surface area contributed by atoms with E-state index in [9.17, 15) is 14.4 Å². The molecule has 0 aliphatic carbocycles. The van der Waals surface area contributed by atoms with Crippen LogP contribution in [0.3, 0.4) is 0 Å². The van der Waals surface area contributed by atoms with Crippen LogP contribution in [0.2, 0.25) is 0 Å². The first-order valence-electron chi connectivity index (χ1n) is 8.98. The Morgan fingerprint density at radius 3 is 2.33 bits per heavy atom. The SMILES string of the molecule is Cc1ccc(C(=O)NNC(=O)c2ccc(CN3CCCC3=O)cc2)c(C)c1. The highest BCUT2D eigenvalue weighted by Gasteiger charge is 2.20. The number of carbonyl (C=O) groups is 3. The summed E-state index contributed by atoms with van der Waals surface area (Å²) < 4.78 is 0. The van der Waals surface area contributed by atoms with Gasteiger partial charge in [0.25, 0.3) is 11.8 Å². The molecule has 1 aliphatic rings. The highest BCUT2D eigenvalue weighted by atomic mass is 16.2. The topological polar surface area (TPSA) is 78.5 Å². The van der Waals surface area contributed by atoms with Crippen LogP contribution >= 0.6 is 0 Å². The molecule has 1 heterocycles. The fraction of sp³-hybridized carbons (Fsp3) is 0.286. The second-order valence-electron chi connectivity index (χ2n) is 6.84. The second-order valence-corrected chi connectivity index (χ2v) is 6.84. The van der Waals surface area contributed by atoms with Crippen molar-refractivity contribution >= 4 is 17.7 Å². The molecule has 0 spiro atoms. The Balaban J connectivity index is 1.56. The van der Waals surface area contributed by atoms with Gasteiger partial charge in [0.05, 0.1) is 0 Å². The van der Waals surface area contributed by atoms with E-state index in [0.717, 1.165) is 29.7 Å². The lowest BCUT2D eigenvalue weighted by Crippen LogP contribution is -2.41. The summed E-state index contributed by atoms with van der Waals surface area (Å²) in [6, 6.07) is 12.5. The van der Waals surface area contributed by atoms with Crippen LogP contribution in [0, 0.1) is 13.8 Å². The maximum absolute atomic E-state index is 12.2. The van der Waals surface area contributed by atoms with Gasteiger partial charge in [0.1, 0.15) is 0 Å². The number of nitrogens with zero attached hydrogens (tertiary/aromatic N) is 1. The lowest BCUT2D eigenvalue weighted by Gasteiger charge is -2.15. The first kappa shape index (κ1) is 18.6. The summed E-state index contributed by atoms with van der Waals surface area (Å²) in [6.45, 7) is 5.16. The number of benzene rings is 2. The van der Waals surface area contributed by atoms with Gasteiger partial charge in [0.15, 0.2) is 0 Å². The Bertz CT molecular complexity index is 875. The predicted octanol–water partition coefficient (Wildman–Crippen LogP) is 2.50. The number of hydrogen-bond acceptors (Lipinski definition) is 3. The van der Waals surface area contributed by atoms with Crippen molar-refractivity contribution in [3.05, 3.63) is 70.3 Å². The van der Waals surface area contributed by atoms with Crippen LogP contribution in [0.4, 0.5) is 0 Å². The molecule has 2 N–H and O–H groups in total. The van der Waals surface area contributed by atoms with Crippen LogP contribution in [-0.2, 0) is 11.3 Å². The molecule has 6 heteroatoms. The Kier molecular flexibility index (Phi) is 5.54. The van der Waals surface area contributed by atoms with E-state index in [1.165, 1.54) is 0 Å². The van der Waals surface area contributed by atoms with E-state index in [1.807, 2.05) is 43.0 Å². The molecule has 0 atom stereocenters. The molecule has 1 saturated heterocycles. The summed E-state index contributed by atoms with van der Waals surface area (Å²) in [5.41, 5.74) is 8.73. The number of carbonyl (C=O) groups excluding carboxylic acids is 3. The lowest BCUT2D eigenvalue weighted by molar-refractivity contribution is -0.128. The van der Waals surface area contributed by atoms with Gasteiger partial charge in [-0.1, -0.05) is 29.8 Å². The van der Waals surface area contributed by atoms with Crippen molar-refractivity contribution in [1.29, 1.82) is 0 Å². The molecular weight excluding hydrogens is 342 g/mol. The lowest BCUT2D eigenvalue weighted by atomic mass is 10.1. The zero-order valence-corrected chi connectivity index (χ0v) is 15.5. The van der Waals surface area contributed by atoms with E-state index in [1.54, 1.807) is 18.2 Å². The van der Waals surface area contributed by atoms with Crippen molar-refractivity contribution in [3.63, 3.8) is 0 Å². The molecule has 0 unspecified atom stereocenters. The van der Waals surface area contributed by atoms with Crippen LogP contribution in [0.1, 0.15) is 50.2 Å². The number of amides is 3. The third-order valence-corrected chi connectivity index (χ3v) is 4.68. The maximum atomic E-state index is 12.2. The van der Waals surface area contributed by atoms with Crippen molar-refractivity contribution in [3.8, 4) is 0 Å². The molecular formula is C21H23N3O3. The predicted molar refractivity (Wildman–Crippen MR) is 102 cm³/mol. The first-order chi connectivity index (χ1) is 12.9. The van der Waals surface area contributed by atoms with E-state index < -0.39 is 5.91 Å². The molecule has 0 saturated carbocycles. The average molecular weight is 365 g/mol. The van der Waals surface area contributed by atoms with E-state index in [0.29, 0.717) is 24.1 Å². The number of likely N-dealkylation sites (tertiary alicyclic amines) is 1. The smallest absolute Gasteiger partial charge is 0.269 e. The minimum absolute atomic E-state index is 0.172. The van der Waals surface area contributed by atoms with E-state index >= 15 is 0 Å². The highest BCUT2D eigenvalue weighted by molar-refractivity contribution is 5.99. The normalized spacial score (nSPS) is 13.6. The van der Waals surface area contributed by atoms with Gasteiger partial charge < -0.3 is 4.90 Å². The zero-order valence-electron chi connectivity index (χ0n) is 15.5. The summed E-state index contributed by atoms with van der Waals surface area (Å²) in [6.07, 6.45) is 1.51. The van der Waals surface area contributed by atoms with Crippen molar-refractivity contribution in [1.82, 2.24) is 15.8 Å².